The minimum Gasteiger partial charge on any atom is -0.443 e. The molecule has 106 valence electrons. The Morgan fingerprint density at radius 2 is 1.85 bits per heavy atom. The lowest BCUT2D eigenvalue weighted by Crippen LogP contribution is -2.27. The Balaban J connectivity index is 2.46. The van der Waals surface area contributed by atoms with Crippen molar-refractivity contribution >= 4 is 38.0 Å². The molecule has 0 N–H and O–H groups in total. The number of benzene rings is 1. The monoisotopic (exact) mass is 399 g/mol. The normalized spacial score (nSPS) is 11.4. The second-order valence-electron chi connectivity index (χ2n) is 5.37. The van der Waals surface area contributed by atoms with Gasteiger partial charge in [0.25, 0.3) is 0 Å². The van der Waals surface area contributed by atoms with Gasteiger partial charge in [0.1, 0.15) is 5.60 Å². The topological polar surface area (TPSA) is 31.2 Å². The largest absolute Gasteiger partial charge is 0.443 e. The van der Waals surface area contributed by atoms with Gasteiger partial charge in [-0.2, -0.15) is 0 Å². The van der Waals surface area contributed by atoms with Crippen LogP contribution in [0, 0.1) is 0 Å². The summed E-state index contributed by atoms with van der Waals surface area (Å²) in [6.07, 6.45) is 1.32. The maximum Gasteiger partial charge on any atom is 0.419 e. The highest BCUT2D eigenvalue weighted by atomic mass is 79.9. The Bertz CT molecular complexity index is 642. The molecule has 1 aromatic heterocycles. The van der Waals surface area contributed by atoms with Gasteiger partial charge in [0.2, 0.25) is 0 Å². The van der Waals surface area contributed by atoms with Crippen molar-refractivity contribution in [3.8, 4) is 11.3 Å². The smallest absolute Gasteiger partial charge is 0.419 e. The molecule has 1 heterocycles. The van der Waals surface area contributed by atoms with E-state index in [9.17, 15) is 4.79 Å². The summed E-state index contributed by atoms with van der Waals surface area (Å²) < 4.78 is 8.69. The minimum absolute atomic E-state index is 0.394. The molecule has 0 unspecified atom stereocenters. The lowest BCUT2D eigenvalue weighted by Gasteiger charge is -2.20. The molecule has 0 amide bonds. The van der Waals surface area contributed by atoms with Gasteiger partial charge in [-0.15, -0.1) is 0 Å². The Morgan fingerprint density at radius 3 is 2.45 bits per heavy atom. The fourth-order valence-electron chi connectivity index (χ4n) is 1.77. The fraction of sp³-hybridized carbons (Fsp3) is 0.267. The lowest BCUT2D eigenvalue weighted by atomic mass is 10.1. The van der Waals surface area contributed by atoms with Crippen molar-refractivity contribution in [3.05, 3.63) is 45.5 Å². The number of halogens is 2. The molecule has 0 radical (unpaired) electrons. The molecule has 1 aromatic carbocycles. The van der Waals surface area contributed by atoms with E-state index in [1.807, 2.05) is 51.1 Å². The van der Waals surface area contributed by atoms with Crippen LogP contribution in [-0.2, 0) is 4.74 Å². The summed E-state index contributed by atoms with van der Waals surface area (Å²) in [7, 11) is 0. The van der Waals surface area contributed by atoms with Gasteiger partial charge in [-0.3, -0.25) is 4.57 Å². The third-order valence-electron chi connectivity index (χ3n) is 2.53. The van der Waals surface area contributed by atoms with Crippen LogP contribution >= 0.6 is 31.9 Å². The quantitative estimate of drug-likeness (QED) is 0.636. The number of aromatic nitrogens is 1. The molecule has 0 saturated heterocycles. The van der Waals surface area contributed by atoms with E-state index in [1.54, 1.807) is 6.20 Å². The molecule has 2 aromatic rings. The standard InChI is InChI=1S/C15H15Br2NO2/c1-15(2,3)20-14(19)18-9-10(16)8-13(18)11-6-4-5-7-12(11)17/h4-9H,1-3H3. The van der Waals surface area contributed by atoms with Crippen molar-refractivity contribution in [2.45, 2.75) is 26.4 Å². The molecular weight excluding hydrogens is 386 g/mol. The zero-order chi connectivity index (χ0) is 14.9. The maximum atomic E-state index is 12.3. The van der Waals surface area contributed by atoms with Gasteiger partial charge in [-0.25, -0.2) is 4.79 Å². The van der Waals surface area contributed by atoms with Crippen LogP contribution in [0.15, 0.2) is 45.5 Å². The first-order valence-corrected chi connectivity index (χ1v) is 7.73. The van der Waals surface area contributed by atoms with Crippen LogP contribution in [0.2, 0.25) is 0 Å². The highest BCUT2D eigenvalue weighted by Crippen LogP contribution is 2.31. The highest BCUT2D eigenvalue weighted by molar-refractivity contribution is 9.10. The Morgan fingerprint density at radius 1 is 1.20 bits per heavy atom. The van der Waals surface area contributed by atoms with E-state index < -0.39 is 11.7 Å². The van der Waals surface area contributed by atoms with Gasteiger partial charge < -0.3 is 4.74 Å². The molecule has 0 bridgehead atoms. The van der Waals surface area contributed by atoms with Gasteiger partial charge in [-0.1, -0.05) is 34.1 Å². The molecule has 5 heteroatoms. The Labute approximate surface area is 135 Å². The van der Waals surface area contributed by atoms with Crippen LogP contribution in [0.5, 0.6) is 0 Å². The van der Waals surface area contributed by atoms with Crippen molar-refractivity contribution in [1.82, 2.24) is 4.57 Å². The fourth-order valence-corrected chi connectivity index (χ4v) is 2.68. The molecule has 0 aliphatic rings. The number of carbonyl (C=O) groups is 1. The van der Waals surface area contributed by atoms with E-state index in [0.29, 0.717) is 0 Å². The Hall–Kier alpha value is -1.07. The van der Waals surface area contributed by atoms with Crippen molar-refractivity contribution in [2.24, 2.45) is 0 Å². The zero-order valence-electron chi connectivity index (χ0n) is 11.5. The van der Waals surface area contributed by atoms with E-state index in [1.165, 1.54) is 4.57 Å². The van der Waals surface area contributed by atoms with Crippen molar-refractivity contribution in [3.63, 3.8) is 0 Å². The number of hydrogen-bond donors (Lipinski definition) is 0. The van der Waals surface area contributed by atoms with Crippen LogP contribution in [-0.4, -0.2) is 16.3 Å². The predicted octanol–water partition coefficient (Wildman–Crippen LogP) is 5.46. The summed E-state index contributed by atoms with van der Waals surface area (Å²) in [4.78, 5) is 12.3. The van der Waals surface area contributed by atoms with Crippen molar-refractivity contribution < 1.29 is 9.53 Å². The highest BCUT2D eigenvalue weighted by Gasteiger charge is 2.21. The van der Waals surface area contributed by atoms with E-state index in [0.717, 1.165) is 20.2 Å². The molecule has 2 rings (SSSR count). The summed E-state index contributed by atoms with van der Waals surface area (Å²) in [5.74, 6) is 0. The number of hydrogen-bond acceptors (Lipinski definition) is 2. The molecule has 0 spiro atoms. The second-order valence-corrected chi connectivity index (χ2v) is 7.14. The molecule has 3 nitrogen and oxygen atoms in total. The first-order valence-electron chi connectivity index (χ1n) is 6.14. The van der Waals surface area contributed by atoms with E-state index in [2.05, 4.69) is 31.9 Å². The summed E-state index contributed by atoms with van der Waals surface area (Å²) in [5, 5.41) is 0. The molecule has 0 aliphatic carbocycles. The molecule has 0 fully saturated rings. The van der Waals surface area contributed by atoms with Crippen LogP contribution in [0.25, 0.3) is 11.3 Å². The average Bonchev–Trinajstić information content (AvgIpc) is 2.69. The average molecular weight is 401 g/mol. The first-order chi connectivity index (χ1) is 9.28. The number of nitrogens with zero attached hydrogens (tertiary/aromatic N) is 1. The summed E-state index contributed by atoms with van der Waals surface area (Å²) in [5.41, 5.74) is 1.18. The molecule has 0 saturated carbocycles. The second kappa shape index (κ2) is 5.74. The molecular formula is C15H15Br2NO2. The first kappa shape index (κ1) is 15.3. The number of carbonyl (C=O) groups excluding carboxylic acids is 1. The SMILES string of the molecule is CC(C)(C)OC(=O)n1cc(Br)cc1-c1ccccc1Br. The van der Waals surface area contributed by atoms with E-state index in [4.69, 9.17) is 4.74 Å². The zero-order valence-corrected chi connectivity index (χ0v) is 14.7. The summed E-state index contributed by atoms with van der Waals surface area (Å²) >= 11 is 6.92. The van der Waals surface area contributed by atoms with Crippen LogP contribution < -0.4 is 0 Å². The third kappa shape index (κ3) is 3.52. The van der Waals surface area contributed by atoms with Gasteiger partial charge in [0, 0.05) is 20.7 Å². The lowest BCUT2D eigenvalue weighted by molar-refractivity contribution is 0.0540. The van der Waals surface area contributed by atoms with E-state index in [-0.39, 0.29) is 0 Å². The van der Waals surface area contributed by atoms with Gasteiger partial charge in [-0.05, 0) is 48.8 Å². The minimum atomic E-state index is -0.529. The van der Waals surface area contributed by atoms with Gasteiger partial charge in [0.15, 0.2) is 0 Å². The summed E-state index contributed by atoms with van der Waals surface area (Å²) in [6, 6.07) is 9.65. The number of ether oxygens (including phenoxy) is 1. The van der Waals surface area contributed by atoms with Crippen LogP contribution in [0.1, 0.15) is 20.8 Å². The van der Waals surface area contributed by atoms with Gasteiger partial charge in [0.05, 0.1) is 5.69 Å². The summed E-state index contributed by atoms with van der Waals surface area (Å²) in [6.45, 7) is 5.55. The van der Waals surface area contributed by atoms with Crippen molar-refractivity contribution in [1.29, 1.82) is 0 Å². The maximum absolute atomic E-state index is 12.3. The molecule has 20 heavy (non-hydrogen) atoms. The predicted molar refractivity (Wildman–Crippen MR) is 86.9 cm³/mol. The number of rotatable bonds is 1. The van der Waals surface area contributed by atoms with Crippen LogP contribution in [0.3, 0.4) is 0 Å². The molecule has 0 atom stereocenters. The van der Waals surface area contributed by atoms with Crippen LogP contribution in [0.4, 0.5) is 4.79 Å². The van der Waals surface area contributed by atoms with Gasteiger partial charge >= 0.3 is 6.09 Å². The Kier molecular flexibility index (Phi) is 4.39. The molecule has 0 aliphatic heterocycles. The van der Waals surface area contributed by atoms with E-state index >= 15 is 0 Å². The van der Waals surface area contributed by atoms with Crippen molar-refractivity contribution in [2.75, 3.05) is 0 Å². The third-order valence-corrected chi connectivity index (χ3v) is 3.65.